The summed E-state index contributed by atoms with van der Waals surface area (Å²) in [6, 6.07) is 41.0. The second-order valence-corrected chi connectivity index (χ2v) is 21.7. The van der Waals surface area contributed by atoms with Crippen molar-refractivity contribution in [3.05, 3.63) is 215 Å². The number of esters is 8. The first-order chi connectivity index (χ1) is 45.2. The maximum atomic E-state index is 14.6. The first-order valence-corrected chi connectivity index (χ1v) is 30.0. The molecule has 6 aromatic carbocycles. The minimum Gasteiger partial charge on any atom is -0.726 e. The third kappa shape index (κ3) is 17.1. The monoisotopic (exact) mass is 1320 g/mol. The van der Waals surface area contributed by atoms with Gasteiger partial charge in [-0.2, -0.15) is 0 Å². The van der Waals surface area contributed by atoms with E-state index >= 15 is 0 Å². The Hall–Kier alpha value is -9.82. The Bertz CT molecular complexity index is 3720. The molecule has 0 aliphatic carbocycles. The molecule has 3 fully saturated rings. The maximum absolute atomic E-state index is 14.6. The summed E-state index contributed by atoms with van der Waals surface area (Å²) in [7, 11) is -3.15. The number of hydrogen-bond acceptors (Lipinski definition) is 27. The third-order valence-corrected chi connectivity index (χ3v) is 15.0. The van der Waals surface area contributed by atoms with Gasteiger partial charge in [-0.25, -0.2) is 46.8 Å². The largest absolute Gasteiger partial charge is 0.726 e. The number of nitrogens with one attached hydrogen (secondary N) is 1. The van der Waals surface area contributed by atoms with Gasteiger partial charge in [0.1, 0.15) is 37.1 Å². The Morgan fingerprint density at radius 1 is 0.404 bits per heavy atom. The van der Waals surface area contributed by atoms with Gasteiger partial charge in [0.2, 0.25) is 16.3 Å². The van der Waals surface area contributed by atoms with Gasteiger partial charge in [-0.15, -0.1) is 0 Å². The molecule has 0 spiro atoms. The predicted molar refractivity (Wildman–Crippen MR) is 314 cm³/mol. The summed E-state index contributed by atoms with van der Waals surface area (Å²) in [4.78, 5) is 128. The van der Waals surface area contributed by atoms with Crippen LogP contribution in [0.5, 0.6) is 0 Å². The van der Waals surface area contributed by atoms with Crippen LogP contribution >= 0.6 is 0 Å². The quantitative estimate of drug-likeness (QED) is 0.0405. The molecule has 0 unspecified atom stereocenters. The molecule has 494 valence electrons. The summed E-state index contributed by atoms with van der Waals surface area (Å²) in [5, 5.41) is 2.47. The van der Waals surface area contributed by atoms with Crippen LogP contribution in [0.1, 0.15) is 69.1 Å². The van der Waals surface area contributed by atoms with E-state index in [1.807, 2.05) is 0 Å². The van der Waals surface area contributed by atoms with Crippen molar-refractivity contribution in [3.8, 4) is 0 Å². The molecule has 3 aliphatic rings. The van der Waals surface area contributed by atoms with Crippen LogP contribution < -0.4 is 5.32 Å². The molecule has 0 bridgehead atoms. The lowest BCUT2D eigenvalue weighted by molar-refractivity contribution is -0.356. The molecule has 29 heteroatoms. The lowest BCUT2D eigenvalue weighted by Gasteiger charge is -2.50. The van der Waals surface area contributed by atoms with E-state index in [1.54, 1.807) is 36.4 Å². The second-order valence-electron chi connectivity index (χ2n) is 20.7. The summed E-state index contributed by atoms with van der Waals surface area (Å²) in [6.07, 6.45) is -31.3. The Morgan fingerprint density at radius 2 is 0.734 bits per heavy atom. The van der Waals surface area contributed by atoms with E-state index < -0.39 is 163 Å². The molecule has 1 amide bonds. The average Bonchev–Trinajstić information content (AvgIpc) is 0.760. The van der Waals surface area contributed by atoms with Crippen molar-refractivity contribution in [1.29, 1.82) is 0 Å². The van der Waals surface area contributed by atoms with Crippen LogP contribution in [0.15, 0.2) is 182 Å². The molecule has 0 saturated carbocycles. The number of rotatable bonds is 23. The normalized spacial score (nSPS) is 25.7. The zero-order valence-corrected chi connectivity index (χ0v) is 50.9. The first kappa shape index (κ1) is 68.5. The van der Waals surface area contributed by atoms with Gasteiger partial charge in [0, 0.05) is 14.0 Å². The molecule has 9 rings (SSSR count). The predicted octanol–water partition coefficient (Wildman–Crippen LogP) is 4.26. The van der Waals surface area contributed by atoms with E-state index in [0.29, 0.717) is 0 Å². The van der Waals surface area contributed by atoms with Crippen molar-refractivity contribution >= 4 is 64.1 Å². The number of amides is 1. The van der Waals surface area contributed by atoms with Crippen molar-refractivity contribution in [2.75, 3.05) is 27.9 Å². The average molecular weight is 1320 g/mol. The van der Waals surface area contributed by atoms with E-state index in [4.69, 9.17) is 70.5 Å². The lowest BCUT2D eigenvalue weighted by Crippen LogP contribution is -2.71. The molecule has 3 heterocycles. The van der Waals surface area contributed by atoms with Gasteiger partial charge >= 0.3 is 47.8 Å². The van der Waals surface area contributed by atoms with Crippen LogP contribution in [-0.2, 0) is 95.3 Å². The standard InChI is InChI=1S/C65H61NO27S/c1-36(67)66-44-46(89-65-54(88-60(73)42-33-21-10-22-34-42)49(85-57(70)39-27-15-7-16-28-39)47(51(92-65)61(74)79-2)84-56(69)38-25-13-6-14-26-38)45(93-94(76,77)78)43(35-82-55(68)37-23-11-5-12-24-37)83-63(44)90-48-50(86-58(71)40-29-17-8-18-30-40)53(64(81-4)91-52(48)62(75)80-3)87-59(72)41-31-19-9-20-32-41/h5-34,43-54,63-65H,35H2,1-4H3,(H,66,67)(H,76,77,78)/p-1/t43-,44-,45+,46-,47+,48+,49+,50+,51+,52+,53-,54-,63+,64-,65-/m1/s1. The van der Waals surface area contributed by atoms with Crippen molar-refractivity contribution in [2.24, 2.45) is 0 Å². The molecular weight excluding hydrogens is 1260 g/mol. The minimum atomic E-state index is -6.08. The lowest BCUT2D eigenvalue weighted by atomic mass is 9.93. The van der Waals surface area contributed by atoms with E-state index in [2.05, 4.69) is 5.32 Å². The van der Waals surface area contributed by atoms with Crippen LogP contribution in [0, 0.1) is 0 Å². The second kappa shape index (κ2) is 31.7. The number of benzene rings is 6. The van der Waals surface area contributed by atoms with Crippen LogP contribution in [0.3, 0.4) is 0 Å². The third-order valence-electron chi connectivity index (χ3n) is 14.6. The Morgan fingerprint density at radius 3 is 1.11 bits per heavy atom. The fourth-order valence-electron chi connectivity index (χ4n) is 10.2. The Labute approximate surface area is 536 Å². The van der Waals surface area contributed by atoms with Crippen LogP contribution in [-0.4, -0.2) is 187 Å². The van der Waals surface area contributed by atoms with E-state index in [9.17, 15) is 56.1 Å². The van der Waals surface area contributed by atoms with E-state index in [1.165, 1.54) is 146 Å². The number of methoxy groups -OCH3 is 3. The summed E-state index contributed by atoms with van der Waals surface area (Å²) < 4.78 is 129. The number of ether oxygens (including phenoxy) is 14. The van der Waals surface area contributed by atoms with Crippen molar-refractivity contribution in [2.45, 2.75) is 99.0 Å². The fourth-order valence-corrected chi connectivity index (χ4v) is 10.7. The van der Waals surface area contributed by atoms with Gasteiger partial charge in [0.25, 0.3) is 0 Å². The molecule has 94 heavy (non-hydrogen) atoms. The summed E-state index contributed by atoms with van der Waals surface area (Å²) in [6.45, 7) is -0.218. The van der Waals surface area contributed by atoms with Crippen molar-refractivity contribution in [3.63, 3.8) is 0 Å². The topological polar surface area (TPSA) is 361 Å². The molecule has 3 saturated heterocycles. The molecule has 15 atom stereocenters. The summed E-state index contributed by atoms with van der Waals surface area (Å²) in [5.41, 5.74) is -0.685. The summed E-state index contributed by atoms with van der Waals surface area (Å²) >= 11 is 0. The van der Waals surface area contributed by atoms with Crippen LogP contribution in [0.25, 0.3) is 0 Å². The number of hydrogen-bond donors (Lipinski definition) is 1. The van der Waals surface area contributed by atoms with Crippen LogP contribution in [0.2, 0.25) is 0 Å². The molecule has 0 radical (unpaired) electrons. The number of carbonyl (C=O) groups excluding carboxylic acids is 9. The zero-order chi connectivity index (χ0) is 67.1. The first-order valence-electron chi connectivity index (χ1n) is 28.6. The highest BCUT2D eigenvalue weighted by Gasteiger charge is 2.61. The maximum Gasteiger partial charge on any atom is 0.339 e. The highest BCUT2D eigenvalue weighted by Crippen LogP contribution is 2.39. The fraction of sp³-hybridized carbons (Fsp3) is 0.308. The van der Waals surface area contributed by atoms with E-state index in [0.717, 1.165) is 28.3 Å². The summed E-state index contributed by atoms with van der Waals surface area (Å²) in [5.74, 6) is -10.6. The molecular formula is C65H60NO27S-. The van der Waals surface area contributed by atoms with Gasteiger partial charge in [-0.05, 0) is 72.8 Å². The SMILES string of the molecule is COC(=O)[C@H]1O[C@@H](O[C@@H]2[C@@H](NC(C)=O)[C@H](O[C@H]3[C@H](OC(=O)c4ccccc4)[C@@H](OC(=O)c4ccccc4)[C@H](OC)O[C@@H]3C(=O)OC)O[C@H](COC(=O)c3ccccc3)[C@@H]2OS(=O)(=O)[O-])[C@H](OC(=O)c2ccccc2)[C@@H](OC(=O)c2ccccc2)[C@@H]1OC(=O)c1ccccc1. The van der Waals surface area contributed by atoms with Crippen LogP contribution in [0.4, 0.5) is 0 Å². The van der Waals surface area contributed by atoms with Gasteiger partial charge in [-0.3, -0.25) is 8.98 Å². The molecule has 6 aromatic rings. The Balaban J connectivity index is 1.23. The van der Waals surface area contributed by atoms with Gasteiger partial charge < -0.3 is 76.2 Å². The van der Waals surface area contributed by atoms with Gasteiger partial charge in [0.15, 0.2) is 61.6 Å². The van der Waals surface area contributed by atoms with Gasteiger partial charge in [0.05, 0.1) is 47.6 Å². The Kier molecular flexibility index (Phi) is 23.1. The highest BCUT2D eigenvalue weighted by atomic mass is 32.3. The minimum absolute atomic E-state index is 0.0449. The molecule has 28 nitrogen and oxygen atoms in total. The highest BCUT2D eigenvalue weighted by molar-refractivity contribution is 7.80. The zero-order valence-electron chi connectivity index (χ0n) is 50.1. The molecule has 1 N–H and O–H groups in total. The van der Waals surface area contributed by atoms with E-state index in [-0.39, 0.29) is 33.4 Å². The molecule has 0 aromatic heterocycles. The van der Waals surface area contributed by atoms with Crippen molar-refractivity contribution < 1.29 is 127 Å². The van der Waals surface area contributed by atoms with Gasteiger partial charge in [-0.1, -0.05) is 109 Å². The number of carbonyl (C=O) groups is 9. The van der Waals surface area contributed by atoms with Crippen molar-refractivity contribution in [1.82, 2.24) is 5.32 Å². The molecule has 3 aliphatic heterocycles. The smallest absolute Gasteiger partial charge is 0.339 e.